The molecule has 0 heterocycles. The fraction of sp³-hybridized carbons (Fsp3) is 0.278. The SMILES string of the molecule is COc1cccc(CCNCC(=O)Nc2ccc(Br)cc2C)c1. The van der Waals surface area contributed by atoms with Gasteiger partial charge < -0.3 is 15.4 Å². The van der Waals surface area contributed by atoms with Crippen LogP contribution in [0.3, 0.4) is 0 Å². The van der Waals surface area contributed by atoms with Crippen molar-refractivity contribution >= 4 is 27.5 Å². The Labute approximate surface area is 145 Å². The van der Waals surface area contributed by atoms with Crippen molar-refractivity contribution in [2.45, 2.75) is 13.3 Å². The Morgan fingerprint density at radius 3 is 2.78 bits per heavy atom. The van der Waals surface area contributed by atoms with Crippen LogP contribution >= 0.6 is 15.9 Å². The van der Waals surface area contributed by atoms with E-state index in [1.165, 1.54) is 5.56 Å². The van der Waals surface area contributed by atoms with Gasteiger partial charge in [0.15, 0.2) is 0 Å². The summed E-state index contributed by atoms with van der Waals surface area (Å²) >= 11 is 3.41. The quantitative estimate of drug-likeness (QED) is 0.726. The minimum Gasteiger partial charge on any atom is -0.497 e. The average molecular weight is 377 g/mol. The molecule has 2 rings (SSSR count). The Bertz CT molecular complexity index is 674. The fourth-order valence-electron chi connectivity index (χ4n) is 2.22. The van der Waals surface area contributed by atoms with Crippen LogP contribution in [-0.2, 0) is 11.2 Å². The van der Waals surface area contributed by atoms with Gasteiger partial charge in [-0.2, -0.15) is 0 Å². The van der Waals surface area contributed by atoms with Gasteiger partial charge in [0, 0.05) is 10.2 Å². The van der Waals surface area contributed by atoms with E-state index in [0.29, 0.717) is 6.54 Å². The zero-order valence-corrected chi connectivity index (χ0v) is 14.9. The number of hydrogen-bond donors (Lipinski definition) is 2. The highest BCUT2D eigenvalue weighted by Gasteiger charge is 2.05. The van der Waals surface area contributed by atoms with Crippen LogP contribution in [0.25, 0.3) is 0 Å². The lowest BCUT2D eigenvalue weighted by atomic mass is 10.1. The molecule has 1 amide bonds. The standard InChI is InChI=1S/C18H21BrN2O2/c1-13-10-15(19)6-7-17(13)21-18(22)12-20-9-8-14-4-3-5-16(11-14)23-2/h3-7,10-11,20H,8-9,12H2,1-2H3,(H,21,22). The monoisotopic (exact) mass is 376 g/mol. The van der Waals surface area contributed by atoms with Crippen LogP contribution in [0.1, 0.15) is 11.1 Å². The first-order chi connectivity index (χ1) is 11.1. The van der Waals surface area contributed by atoms with E-state index >= 15 is 0 Å². The zero-order chi connectivity index (χ0) is 16.7. The number of hydrogen-bond acceptors (Lipinski definition) is 3. The molecule has 0 aliphatic heterocycles. The molecule has 0 spiro atoms. The molecule has 2 aromatic carbocycles. The summed E-state index contributed by atoms with van der Waals surface area (Å²) < 4.78 is 6.20. The maximum Gasteiger partial charge on any atom is 0.238 e. The van der Waals surface area contributed by atoms with Gasteiger partial charge in [-0.05, 0) is 61.3 Å². The number of carbonyl (C=O) groups excluding carboxylic acids is 1. The van der Waals surface area contributed by atoms with E-state index in [-0.39, 0.29) is 5.91 Å². The molecule has 0 fully saturated rings. The molecule has 23 heavy (non-hydrogen) atoms. The second kappa shape index (κ2) is 8.70. The molecular weight excluding hydrogens is 356 g/mol. The summed E-state index contributed by atoms with van der Waals surface area (Å²) in [5.41, 5.74) is 3.05. The smallest absolute Gasteiger partial charge is 0.238 e. The van der Waals surface area contributed by atoms with Gasteiger partial charge in [-0.25, -0.2) is 0 Å². The molecule has 0 aliphatic carbocycles. The van der Waals surface area contributed by atoms with Crippen molar-refractivity contribution in [1.82, 2.24) is 5.32 Å². The lowest BCUT2D eigenvalue weighted by molar-refractivity contribution is -0.115. The van der Waals surface area contributed by atoms with Gasteiger partial charge in [0.05, 0.1) is 13.7 Å². The van der Waals surface area contributed by atoms with Crippen LogP contribution < -0.4 is 15.4 Å². The largest absolute Gasteiger partial charge is 0.497 e. The summed E-state index contributed by atoms with van der Waals surface area (Å²) in [6.45, 7) is 3.00. The predicted octanol–water partition coefficient (Wildman–Crippen LogP) is 3.54. The minimum absolute atomic E-state index is 0.0407. The second-order valence-electron chi connectivity index (χ2n) is 5.29. The summed E-state index contributed by atoms with van der Waals surface area (Å²) in [5, 5.41) is 6.07. The molecule has 0 aromatic heterocycles. The third-order valence-corrected chi connectivity index (χ3v) is 3.97. The molecule has 122 valence electrons. The van der Waals surface area contributed by atoms with E-state index in [1.807, 2.05) is 43.3 Å². The maximum atomic E-state index is 12.0. The van der Waals surface area contributed by atoms with E-state index in [0.717, 1.165) is 34.4 Å². The Balaban J connectivity index is 1.74. The number of methoxy groups -OCH3 is 1. The van der Waals surface area contributed by atoms with E-state index < -0.39 is 0 Å². The van der Waals surface area contributed by atoms with Crippen molar-refractivity contribution in [3.63, 3.8) is 0 Å². The predicted molar refractivity (Wildman–Crippen MR) is 97.1 cm³/mol. The molecule has 5 heteroatoms. The van der Waals surface area contributed by atoms with Crippen molar-refractivity contribution < 1.29 is 9.53 Å². The highest BCUT2D eigenvalue weighted by molar-refractivity contribution is 9.10. The molecule has 4 nitrogen and oxygen atoms in total. The van der Waals surface area contributed by atoms with Gasteiger partial charge in [0.2, 0.25) is 5.91 Å². The lowest BCUT2D eigenvalue weighted by Crippen LogP contribution is -2.29. The van der Waals surface area contributed by atoms with E-state index in [2.05, 4.69) is 32.6 Å². The van der Waals surface area contributed by atoms with Gasteiger partial charge in [-0.3, -0.25) is 4.79 Å². The van der Waals surface area contributed by atoms with Gasteiger partial charge in [0.25, 0.3) is 0 Å². The van der Waals surface area contributed by atoms with Crippen LogP contribution in [-0.4, -0.2) is 26.1 Å². The van der Waals surface area contributed by atoms with Crippen molar-refractivity contribution in [2.24, 2.45) is 0 Å². The van der Waals surface area contributed by atoms with Crippen molar-refractivity contribution in [1.29, 1.82) is 0 Å². The van der Waals surface area contributed by atoms with E-state index in [9.17, 15) is 4.79 Å². The summed E-state index contributed by atoms with van der Waals surface area (Å²) in [5.74, 6) is 0.812. The lowest BCUT2D eigenvalue weighted by Gasteiger charge is -2.10. The summed E-state index contributed by atoms with van der Waals surface area (Å²) in [6.07, 6.45) is 0.849. The highest BCUT2D eigenvalue weighted by Crippen LogP contribution is 2.19. The first-order valence-corrected chi connectivity index (χ1v) is 8.27. The molecule has 0 bridgehead atoms. The maximum absolute atomic E-state index is 12.0. The van der Waals surface area contributed by atoms with Crippen LogP contribution in [0.4, 0.5) is 5.69 Å². The molecule has 0 radical (unpaired) electrons. The van der Waals surface area contributed by atoms with Crippen molar-refractivity contribution in [2.75, 3.05) is 25.5 Å². The summed E-state index contributed by atoms with van der Waals surface area (Å²) in [4.78, 5) is 12.0. The number of halogens is 1. The Hall–Kier alpha value is -1.85. The number of nitrogens with one attached hydrogen (secondary N) is 2. The molecule has 2 aromatic rings. The number of rotatable bonds is 7. The first-order valence-electron chi connectivity index (χ1n) is 7.48. The number of benzene rings is 2. The van der Waals surface area contributed by atoms with Gasteiger partial charge in [0.1, 0.15) is 5.75 Å². The van der Waals surface area contributed by atoms with Crippen LogP contribution in [0.15, 0.2) is 46.9 Å². The van der Waals surface area contributed by atoms with Gasteiger partial charge in [-0.1, -0.05) is 28.1 Å². The zero-order valence-electron chi connectivity index (χ0n) is 13.4. The molecule has 2 N–H and O–H groups in total. The second-order valence-corrected chi connectivity index (χ2v) is 6.20. The normalized spacial score (nSPS) is 10.4. The number of aryl methyl sites for hydroxylation is 1. The molecule has 0 saturated carbocycles. The first kappa shape index (κ1) is 17.5. The molecule has 0 saturated heterocycles. The van der Waals surface area contributed by atoms with E-state index in [4.69, 9.17) is 4.74 Å². The number of ether oxygens (including phenoxy) is 1. The number of amides is 1. The van der Waals surface area contributed by atoms with Crippen molar-refractivity contribution in [3.05, 3.63) is 58.1 Å². The molecular formula is C18H21BrN2O2. The van der Waals surface area contributed by atoms with E-state index in [1.54, 1.807) is 7.11 Å². The van der Waals surface area contributed by atoms with Crippen LogP contribution in [0.2, 0.25) is 0 Å². The van der Waals surface area contributed by atoms with Crippen molar-refractivity contribution in [3.8, 4) is 5.75 Å². The third-order valence-electron chi connectivity index (χ3n) is 3.47. The van der Waals surface area contributed by atoms with Crippen LogP contribution in [0, 0.1) is 6.92 Å². The Kier molecular flexibility index (Phi) is 6.62. The highest BCUT2D eigenvalue weighted by atomic mass is 79.9. The Morgan fingerprint density at radius 1 is 1.22 bits per heavy atom. The fourth-order valence-corrected chi connectivity index (χ4v) is 2.70. The minimum atomic E-state index is -0.0407. The summed E-state index contributed by atoms with van der Waals surface area (Å²) in [7, 11) is 1.66. The van der Waals surface area contributed by atoms with Crippen LogP contribution in [0.5, 0.6) is 5.75 Å². The number of carbonyl (C=O) groups is 1. The molecule has 0 atom stereocenters. The summed E-state index contributed by atoms with van der Waals surface area (Å²) in [6, 6.07) is 13.7. The Morgan fingerprint density at radius 2 is 2.04 bits per heavy atom. The molecule has 0 unspecified atom stereocenters. The molecule has 0 aliphatic rings. The average Bonchev–Trinajstić information content (AvgIpc) is 2.54. The topological polar surface area (TPSA) is 50.4 Å². The van der Waals surface area contributed by atoms with Gasteiger partial charge in [-0.15, -0.1) is 0 Å². The number of anilines is 1. The van der Waals surface area contributed by atoms with Gasteiger partial charge >= 0.3 is 0 Å². The third kappa shape index (κ3) is 5.69.